The molecule has 0 aliphatic carbocycles. The van der Waals surface area contributed by atoms with E-state index in [1.807, 2.05) is 6.08 Å². The lowest BCUT2D eigenvalue weighted by molar-refractivity contribution is 0.599. The van der Waals surface area contributed by atoms with Crippen LogP contribution in [0, 0.1) is 5.82 Å². The fraction of sp³-hybridized carbons (Fsp3) is 0.429. The summed E-state index contributed by atoms with van der Waals surface area (Å²) in [6.45, 7) is 1.08. The van der Waals surface area contributed by atoms with Gasteiger partial charge in [0, 0.05) is 6.04 Å². The van der Waals surface area contributed by atoms with E-state index in [1.165, 1.54) is 31.4 Å². The second kappa shape index (κ2) is 6.18. The molecule has 92 valence electrons. The molecule has 1 saturated heterocycles. The van der Waals surface area contributed by atoms with Crippen LogP contribution in [0.4, 0.5) is 4.39 Å². The van der Waals surface area contributed by atoms with Crippen LogP contribution >= 0.6 is 11.6 Å². The summed E-state index contributed by atoms with van der Waals surface area (Å²) in [6, 6.07) is 4.91. The van der Waals surface area contributed by atoms with E-state index in [2.05, 4.69) is 11.4 Å². The summed E-state index contributed by atoms with van der Waals surface area (Å²) in [4.78, 5) is 0. The van der Waals surface area contributed by atoms with Gasteiger partial charge in [-0.25, -0.2) is 4.39 Å². The molecule has 1 aliphatic heterocycles. The molecule has 3 heteroatoms. The third kappa shape index (κ3) is 3.83. The van der Waals surface area contributed by atoms with Gasteiger partial charge < -0.3 is 5.32 Å². The zero-order chi connectivity index (χ0) is 12.1. The summed E-state index contributed by atoms with van der Waals surface area (Å²) < 4.78 is 12.9. The first kappa shape index (κ1) is 12.6. The number of benzene rings is 1. The zero-order valence-electron chi connectivity index (χ0n) is 9.76. The van der Waals surface area contributed by atoms with Crippen molar-refractivity contribution in [3.8, 4) is 0 Å². The minimum atomic E-state index is -0.292. The molecule has 1 nitrogen and oxygen atoms in total. The summed E-state index contributed by atoms with van der Waals surface area (Å²) >= 11 is 5.97. The minimum absolute atomic E-state index is 0.292. The molecule has 2 rings (SSSR count). The molecule has 1 aliphatic rings. The van der Waals surface area contributed by atoms with E-state index in [0.717, 1.165) is 18.5 Å². The number of nitrogens with one attached hydrogen (secondary N) is 1. The van der Waals surface area contributed by atoms with Crippen molar-refractivity contribution in [2.75, 3.05) is 6.54 Å². The second-order valence-corrected chi connectivity index (χ2v) is 4.84. The summed E-state index contributed by atoms with van der Waals surface area (Å²) in [7, 11) is 0. The summed E-state index contributed by atoms with van der Waals surface area (Å²) in [5.74, 6) is -0.292. The molecule has 0 aromatic heterocycles. The number of rotatable bonds is 2. The minimum Gasteiger partial charge on any atom is -0.311 e. The molecular formula is C14H17ClFN. The maximum Gasteiger partial charge on any atom is 0.124 e. The second-order valence-electron chi connectivity index (χ2n) is 4.43. The van der Waals surface area contributed by atoms with Crippen molar-refractivity contribution in [3.63, 3.8) is 0 Å². The van der Waals surface area contributed by atoms with Crippen molar-refractivity contribution in [3.05, 3.63) is 40.7 Å². The fourth-order valence-electron chi connectivity index (χ4n) is 2.08. The van der Waals surface area contributed by atoms with Crippen molar-refractivity contribution in [1.29, 1.82) is 0 Å². The van der Waals surface area contributed by atoms with Crippen molar-refractivity contribution < 1.29 is 4.39 Å². The van der Waals surface area contributed by atoms with Gasteiger partial charge in [0.1, 0.15) is 5.82 Å². The van der Waals surface area contributed by atoms with E-state index in [-0.39, 0.29) is 5.82 Å². The van der Waals surface area contributed by atoms with Crippen molar-refractivity contribution in [2.45, 2.75) is 31.7 Å². The Kier molecular flexibility index (Phi) is 4.57. The fourth-order valence-corrected chi connectivity index (χ4v) is 2.31. The first-order valence-electron chi connectivity index (χ1n) is 6.12. The molecule has 1 atom stereocenters. The highest BCUT2D eigenvalue weighted by Crippen LogP contribution is 2.19. The van der Waals surface area contributed by atoms with Crippen LogP contribution in [0.5, 0.6) is 0 Å². The first-order valence-corrected chi connectivity index (χ1v) is 6.50. The van der Waals surface area contributed by atoms with Crippen molar-refractivity contribution in [2.24, 2.45) is 0 Å². The van der Waals surface area contributed by atoms with Gasteiger partial charge in [0.2, 0.25) is 0 Å². The van der Waals surface area contributed by atoms with Crippen LogP contribution in [0.3, 0.4) is 0 Å². The number of halogens is 2. The van der Waals surface area contributed by atoms with Crippen LogP contribution < -0.4 is 5.32 Å². The van der Waals surface area contributed by atoms with Crippen LogP contribution in [0.15, 0.2) is 24.3 Å². The molecule has 0 spiro atoms. The SMILES string of the molecule is Fc1ccc(/C=C/C2CCCCCN2)c(Cl)c1. The molecule has 17 heavy (non-hydrogen) atoms. The van der Waals surface area contributed by atoms with E-state index in [4.69, 9.17) is 11.6 Å². The Bertz CT molecular complexity index is 395. The van der Waals surface area contributed by atoms with Gasteiger partial charge in [-0.05, 0) is 37.1 Å². The Labute approximate surface area is 107 Å². The van der Waals surface area contributed by atoms with Crippen LogP contribution in [0.2, 0.25) is 5.02 Å². The average Bonchev–Trinajstić information content (AvgIpc) is 2.56. The molecule has 1 fully saturated rings. The monoisotopic (exact) mass is 253 g/mol. The van der Waals surface area contributed by atoms with Gasteiger partial charge in [-0.1, -0.05) is 42.7 Å². The van der Waals surface area contributed by atoms with Gasteiger partial charge in [-0.15, -0.1) is 0 Å². The van der Waals surface area contributed by atoms with E-state index < -0.39 is 0 Å². The number of hydrogen-bond donors (Lipinski definition) is 1. The third-order valence-corrected chi connectivity index (χ3v) is 3.40. The molecule has 0 bridgehead atoms. The van der Waals surface area contributed by atoms with Crippen LogP contribution in [-0.4, -0.2) is 12.6 Å². The Balaban J connectivity index is 2.03. The van der Waals surface area contributed by atoms with E-state index in [9.17, 15) is 4.39 Å². The molecule has 1 unspecified atom stereocenters. The Morgan fingerprint density at radius 2 is 2.18 bits per heavy atom. The van der Waals surface area contributed by atoms with Crippen LogP contribution in [0.1, 0.15) is 31.2 Å². The maximum absolute atomic E-state index is 12.9. The molecule has 1 heterocycles. The number of hydrogen-bond acceptors (Lipinski definition) is 1. The first-order chi connectivity index (χ1) is 8.25. The topological polar surface area (TPSA) is 12.0 Å². The highest BCUT2D eigenvalue weighted by molar-refractivity contribution is 6.32. The van der Waals surface area contributed by atoms with Gasteiger partial charge in [-0.3, -0.25) is 0 Å². The smallest absolute Gasteiger partial charge is 0.124 e. The Hall–Kier alpha value is -0.860. The van der Waals surface area contributed by atoms with Crippen molar-refractivity contribution >= 4 is 17.7 Å². The molecule has 0 amide bonds. The van der Waals surface area contributed by atoms with E-state index >= 15 is 0 Å². The highest BCUT2D eigenvalue weighted by atomic mass is 35.5. The lowest BCUT2D eigenvalue weighted by atomic mass is 10.1. The predicted octanol–water partition coefficient (Wildman–Crippen LogP) is 4.02. The lowest BCUT2D eigenvalue weighted by Gasteiger charge is -2.10. The molecule has 1 N–H and O–H groups in total. The summed E-state index contributed by atoms with van der Waals surface area (Å²) in [5, 5.41) is 3.95. The Morgan fingerprint density at radius 1 is 1.29 bits per heavy atom. The predicted molar refractivity (Wildman–Crippen MR) is 70.7 cm³/mol. The van der Waals surface area contributed by atoms with Crippen LogP contribution in [-0.2, 0) is 0 Å². The highest BCUT2D eigenvalue weighted by Gasteiger charge is 2.07. The van der Waals surface area contributed by atoms with Gasteiger partial charge in [0.15, 0.2) is 0 Å². The van der Waals surface area contributed by atoms with E-state index in [1.54, 1.807) is 6.07 Å². The zero-order valence-corrected chi connectivity index (χ0v) is 10.5. The Morgan fingerprint density at radius 3 is 3.00 bits per heavy atom. The lowest BCUT2D eigenvalue weighted by Crippen LogP contribution is -2.25. The largest absolute Gasteiger partial charge is 0.311 e. The average molecular weight is 254 g/mol. The normalized spacial score (nSPS) is 21.6. The van der Waals surface area contributed by atoms with Gasteiger partial charge in [0.05, 0.1) is 5.02 Å². The quantitative estimate of drug-likeness (QED) is 0.839. The third-order valence-electron chi connectivity index (χ3n) is 3.07. The van der Waals surface area contributed by atoms with E-state index in [0.29, 0.717) is 11.1 Å². The molecular weight excluding hydrogens is 237 g/mol. The molecule has 1 aromatic carbocycles. The molecule has 1 aromatic rings. The molecule has 0 radical (unpaired) electrons. The van der Waals surface area contributed by atoms with Crippen molar-refractivity contribution in [1.82, 2.24) is 5.32 Å². The van der Waals surface area contributed by atoms with Gasteiger partial charge >= 0.3 is 0 Å². The maximum atomic E-state index is 12.9. The van der Waals surface area contributed by atoms with Gasteiger partial charge in [0.25, 0.3) is 0 Å². The van der Waals surface area contributed by atoms with Crippen LogP contribution in [0.25, 0.3) is 6.08 Å². The summed E-state index contributed by atoms with van der Waals surface area (Å²) in [6.07, 6.45) is 9.08. The summed E-state index contributed by atoms with van der Waals surface area (Å²) in [5.41, 5.74) is 0.874. The van der Waals surface area contributed by atoms with Gasteiger partial charge in [-0.2, -0.15) is 0 Å². The molecule has 0 saturated carbocycles. The standard InChI is InChI=1S/C14H17ClFN/c15-14-10-12(16)7-5-11(14)6-8-13-4-2-1-3-9-17-13/h5-8,10,13,17H,1-4,9H2/b8-6+.